The summed E-state index contributed by atoms with van der Waals surface area (Å²) in [5.41, 5.74) is 1.35. The Balaban J connectivity index is 1.83. The van der Waals surface area contributed by atoms with Crippen LogP contribution in [0.4, 0.5) is 4.39 Å². The normalized spacial score (nSPS) is 10.7. The third-order valence-electron chi connectivity index (χ3n) is 2.85. The molecule has 0 bridgehead atoms. The van der Waals surface area contributed by atoms with Crippen molar-refractivity contribution >= 4 is 11.6 Å². The molecule has 3 aromatic heterocycles. The first-order valence-electron chi connectivity index (χ1n) is 6.28. The van der Waals surface area contributed by atoms with E-state index in [-0.39, 0.29) is 11.8 Å². The molecular formula is C13H10ClFN6O. The molecule has 0 saturated heterocycles. The molecule has 0 amide bonds. The van der Waals surface area contributed by atoms with Gasteiger partial charge in [-0.1, -0.05) is 16.8 Å². The van der Waals surface area contributed by atoms with Crippen LogP contribution in [0.2, 0.25) is 5.15 Å². The highest BCUT2D eigenvalue weighted by molar-refractivity contribution is 6.29. The second-order valence-electron chi connectivity index (χ2n) is 4.35. The van der Waals surface area contributed by atoms with Crippen molar-refractivity contribution in [3.63, 3.8) is 0 Å². The standard InChI is InChI=1S/C13H10ClFN6O/c1-8-10(7-22-13-5-3-11(14)18-19-13)21(20-17-8)12-4-2-9(15)6-16-12/h2-6H,7H2,1H3. The minimum Gasteiger partial charge on any atom is -0.470 e. The van der Waals surface area contributed by atoms with E-state index in [4.69, 9.17) is 16.3 Å². The largest absolute Gasteiger partial charge is 0.470 e. The van der Waals surface area contributed by atoms with E-state index in [1.54, 1.807) is 19.1 Å². The van der Waals surface area contributed by atoms with Gasteiger partial charge in [0, 0.05) is 6.07 Å². The fourth-order valence-electron chi connectivity index (χ4n) is 1.74. The van der Waals surface area contributed by atoms with Gasteiger partial charge in [-0.05, 0) is 25.1 Å². The predicted molar refractivity (Wildman–Crippen MR) is 75.2 cm³/mol. The Bertz CT molecular complexity index is 774. The maximum Gasteiger partial charge on any atom is 0.233 e. The number of pyridine rings is 1. The summed E-state index contributed by atoms with van der Waals surface area (Å²) in [5, 5.41) is 15.7. The molecule has 7 nitrogen and oxygen atoms in total. The second-order valence-corrected chi connectivity index (χ2v) is 4.74. The summed E-state index contributed by atoms with van der Waals surface area (Å²) >= 11 is 5.66. The van der Waals surface area contributed by atoms with Gasteiger partial charge in [-0.15, -0.1) is 15.3 Å². The molecule has 0 saturated carbocycles. The van der Waals surface area contributed by atoms with Crippen LogP contribution in [0.25, 0.3) is 5.82 Å². The van der Waals surface area contributed by atoms with Crippen LogP contribution in [-0.4, -0.2) is 30.2 Å². The number of hydrogen-bond acceptors (Lipinski definition) is 6. The average molecular weight is 321 g/mol. The van der Waals surface area contributed by atoms with E-state index >= 15 is 0 Å². The van der Waals surface area contributed by atoms with Gasteiger partial charge < -0.3 is 4.74 Å². The lowest BCUT2D eigenvalue weighted by molar-refractivity contribution is 0.281. The van der Waals surface area contributed by atoms with Crippen LogP contribution >= 0.6 is 11.6 Å². The van der Waals surface area contributed by atoms with Crippen LogP contribution in [0.15, 0.2) is 30.5 Å². The van der Waals surface area contributed by atoms with Gasteiger partial charge in [0.15, 0.2) is 11.0 Å². The smallest absolute Gasteiger partial charge is 0.233 e. The molecule has 3 aromatic rings. The van der Waals surface area contributed by atoms with Crippen molar-refractivity contribution in [3.8, 4) is 11.7 Å². The molecule has 0 aliphatic carbocycles. The van der Waals surface area contributed by atoms with E-state index < -0.39 is 5.82 Å². The number of ether oxygens (including phenoxy) is 1. The Hall–Kier alpha value is -2.61. The van der Waals surface area contributed by atoms with E-state index in [0.717, 1.165) is 6.20 Å². The van der Waals surface area contributed by atoms with E-state index in [9.17, 15) is 4.39 Å². The van der Waals surface area contributed by atoms with E-state index in [0.29, 0.717) is 23.1 Å². The van der Waals surface area contributed by atoms with Crippen molar-refractivity contribution in [2.75, 3.05) is 0 Å². The lowest BCUT2D eigenvalue weighted by Crippen LogP contribution is -2.09. The molecule has 0 N–H and O–H groups in total. The van der Waals surface area contributed by atoms with Crippen molar-refractivity contribution in [3.05, 3.63) is 52.8 Å². The number of aryl methyl sites for hydroxylation is 1. The molecule has 0 aliphatic heterocycles. The first-order chi connectivity index (χ1) is 10.6. The number of aromatic nitrogens is 6. The highest BCUT2D eigenvalue weighted by atomic mass is 35.5. The first-order valence-corrected chi connectivity index (χ1v) is 6.66. The van der Waals surface area contributed by atoms with Gasteiger partial charge >= 0.3 is 0 Å². The van der Waals surface area contributed by atoms with Crippen LogP contribution in [0.1, 0.15) is 11.4 Å². The third kappa shape index (κ3) is 3.01. The van der Waals surface area contributed by atoms with Crippen molar-refractivity contribution in [2.45, 2.75) is 13.5 Å². The fourth-order valence-corrected chi connectivity index (χ4v) is 1.84. The zero-order valence-electron chi connectivity index (χ0n) is 11.4. The molecule has 3 heterocycles. The van der Waals surface area contributed by atoms with Gasteiger partial charge in [-0.2, -0.15) is 4.68 Å². The lowest BCUT2D eigenvalue weighted by Gasteiger charge is -2.07. The number of halogens is 2. The second kappa shape index (κ2) is 6.02. The molecule has 0 radical (unpaired) electrons. The predicted octanol–water partition coefficient (Wildman–Crippen LogP) is 2.13. The third-order valence-corrected chi connectivity index (χ3v) is 3.05. The Morgan fingerprint density at radius 2 is 2.05 bits per heavy atom. The summed E-state index contributed by atoms with van der Waals surface area (Å²) in [5.74, 6) is 0.348. The van der Waals surface area contributed by atoms with Crippen LogP contribution in [0.3, 0.4) is 0 Å². The molecule has 0 unspecified atom stereocenters. The lowest BCUT2D eigenvalue weighted by atomic mass is 10.3. The maximum absolute atomic E-state index is 13.0. The molecule has 3 rings (SSSR count). The molecular weight excluding hydrogens is 311 g/mol. The Kier molecular flexibility index (Phi) is 3.92. The SMILES string of the molecule is Cc1nnn(-c2ccc(F)cn2)c1COc1ccc(Cl)nn1. The summed E-state index contributed by atoms with van der Waals surface area (Å²) in [6.07, 6.45) is 1.11. The molecule has 0 fully saturated rings. The van der Waals surface area contributed by atoms with Crippen LogP contribution < -0.4 is 4.74 Å². The van der Waals surface area contributed by atoms with Gasteiger partial charge in [-0.25, -0.2) is 9.37 Å². The number of hydrogen-bond donors (Lipinski definition) is 0. The zero-order chi connectivity index (χ0) is 15.5. The van der Waals surface area contributed by atoms with E-state index in [1.165, 1.54) is 16.8 Å². The topological polar surface area (TPSA) is 78.6 Å². The summed E-state index contributed by atoms with van der Waals surface area (Å²) in [6.45, 7) is 1.95. The Morgan fingerprint density at radius 3 is 2.73 bits per heavy atom. The maximum atomic E-state index is 13.0. The summed E-state index contributed by atoms with van der Waals surface area (Å²) in [6, 6.07) is 5.99. The van der Waals surface area contributed by atoms with Gasteiger partial charge in [0.1, 0.15) is 18.1 Å². The highest BCUT2D eigenvalue weighted by Gasteiger charge is 2.13. The first kappa shape index (κ1) is 14.3. The molecule has 0 atom stereocenters. The number of nitrogens with zero attached hydrogens (tertiary/aromatic N) is 6. The molecule has 9 heteroatoms. The van der Waals surface area contributed by atoms with Crippen molar-refractivity contribution in [1.29, 1.82) is 0 Å². The minimum absolute atomic E-state index is 0.161. The minimum atomic E-state index is -0.421. The monoisotopic (exact) mass is 320 g/mol. The van der Waals surface area contributed by atoms with Gasteiger partial charge in [0.2, 0.25) is 5.88 Å². The van der Waals surface area contributed by atoms with Crippen LogP contribution in [0.5, 0.6) is 5.88 Å². The summed E-state index contributed by atoms with van der Waals surface area (Å²) in [4.78, 5) is 3.97. The Labute approximate surface area is 129 Å². The molecule has 0 aromatic carbocycles. The van der Waals surface area contributed by atoms with Crippen LogP contribution in [-0.2, 0) is 6.61 Å². The van der Waals surface area contributed by atoms with E-state index in [1.807, 2.05) is 0 Å². The zero-order valence-corrected chi connectivity index (χ0v) is 12.2. The quantitative estimate of drug-likeness (QED) is 0.732. The average Bonchev–Trinajstić information content (AvgIpc) is 2.89. The summed E-state index contributed by atoms with van der Waals surface area (Å²) in [7, 11) is 0. The Morgan fingerprint density at radius 1 is 1.18 bits per heavy atom. The van der Waals surface area contributed by atoms with Crippen LogP contribution in [0, 0.1) is 12.7 Å². The fraction of sp³-hybridized carbons (Fsp3) is 0.154. The highest BCUT2D eigenvalue weighted by Crippen LogP contribution is 2.15. The number of rotatable bonds is 4. The molecule has 0 aliphatic rings. The van der Waals surface area contributed by atoms with E-state index in [2.05, 4.69) is 25.5 Å². The molecule has 0 spiro atoms. The summed E-state index contributed by atoms with van der Waals surface area (Å²) < 4.78 is 20.0. The van der Waals surface area contributed by atoms with Gasteiger partial charge in [0.05, 0.1) is 11.9 Å². The van der Waals surface area contributed by atoms with Crippen molar-refractivity contribution in [1.82, 2.24) is 30.2 Å². The molecule has 112 valence electrons. The van der Waals surface area contributed by atoms with Gasteiger partial charge in [-0.3, -0.25) is 0 Å². The van der Waals surface area contributed by atoms with Gasteiger partial charge in [0.25, 0.3) is 0 Å². The van der Waals surface area contributed by atoms with Crippen molar-refractivity contribution in [2.24, 2.45) is 0 Å². The molecule has 22 heavy (non-hydrogen) atoms. The van der Waals surface area contributed by atoms with Crippen molar-refractivity contribution < 1.29 is 9.13 Å².